The van der Waals surface area contributed by atoms with E-state index in [0.717, 1.165) is 25.3 Å². The Morgan fingerprint density at radius 3 is 3.26 bits per heavy atom. The molecule has 102 valence electrons. The summed E-state index contributed by atoms with van der Waals surface area (Å²) in [5.74, 6) is 1.40. The van der Waals surface area contributed by atoms with E-state index in [0.29, 0.717) is 17.5 Å². The van der Waals surface area contributed by atoms with Gasteiger partial charge in [-0.1, -0.05) is 0 Å². The Kier molecular flexibility index (Phi) is 3.20. The van der Waals surface area contributed by atoms with Crippen LogP contribution < -0.4 is 16.3 Å². The highest BCUT2D eigenvalue weighted by Gasteiger charge is 2.13. The quantitative estimate of drug-likeness (QED) is 0.736. The van der Waals surface area contributed by atoms with Gasteiger partial charge in [0.25, 0.3) is 0 Å². The van der Waals surface area contributed by atoms with Crippen molar-refractivity contribution < 1.29 is 0 Å². The molecule has 19 heavy (non-hydrogen) atoms. The molecule has 0 unspecified atom stereocenters. The number of nitrogens with zero attached hydrogens (tertiary/aromatic N) is 3. The number of aromatic nitrogens is 4. The zero-order chi connectivity index (χ0) is 13.2. The van der Waals surface area contributed by atoms with Crippen LogP contribution in [0.25, 0.3) is 5.65 Å². The lowest BCUT2D eigenvalue weighted by Crippen LogP contribution is -2.24. The van der Waals surface area contributed by atoms with Crippen LogP contribution in [0.3, 0.4) is 0 Å². The molecule has 1 atom stereocenters. The molecule has 1 aliphatic rings. The molecule has 0 aromatic carbocycles. The zero-order valence-electron chi connectivity index (χ0n) is 10.9. The summed E-state index contributed by atoms with van der Waals surface area (Å²) >= 11 is 0. The standard InChI is InChI=1S/C12H18N6O/c1-8-15-10(7-11-16-17-12(19)18(8)11)14-6-4-9-3-2-5-13-9/h7,9,13-14H,2-6H2,1H3,(H,17,19)/t9-/m0/s1. The number of H-pyrrole nitrogens is 1. The van der Waals surface area contributed by atoms with Gasteiger partial charge >= 0.3 is 5.69 Å². The second-order valence-corrected chi connectivity index (χ2v) is 4.92. The Bertz CT molecular complexity index is 625. The lowest BCUT2D eigenvalue weighted by Gasteiger charge is -2.11. The van der Waals surface area contributed by atoms with E-state index in [1.807, 2.05) is 0 Å². The average molecular weight is 262 g/mol. The summed E-state index contributed by atoms with van der Waals surface area (Å²) in [5.41, 5.74) is 0.348. The predicted molar refractivity (Wildman–Crippen MR) is 72.5 cm³/mol. The fraction of sp³-hybridized carbons (Fsp3) is 0.583. The molecule has 0 radical (unpaired) electrons. The molecular weight excluding hydrogens is 244 g/mol. The molecule has 0 amide bonds. The second kappa shape index (κ2) is 5.00. The lowest BCUT2D eigenvalue weighted by molar-refractivity contribution is 0.574. The van der Waals surface area contributed by atoms with E-state index in [4.69, 9.17) is 0 Å². The maximum Gasteiger partial charge on any atom is 0.349 e. The molecular formula is C12H18N6O. The van der Waals surface area contributed by atoms with Crippen molar-refractivity contribution in [2.45, 2.75) is 32.2 Å². The van der Waals surface area contributed by atoms with Crippen LogP contribution in [0.5, 0.6) is 0 Å². The van der Waals surface area contributed by atoms with Gasteiger partial charge in [-0.3, -0.25) is 0 Å². The average Bonchev–Trinajstić information content (AvgIpc) is 3.00. The maximum absolute atomic E-state index is 11.5. The minimum atomic E-state index is -0.248. The SMILES string of the molecule is Cc1nc(NCC[C@@H]2CCCN2)cc2n[nH]c(=O)n12. The fourth-order valence-corrected chi connectivity index (χ4v) is 2.57. The lowest BCUT2D eigenvalue weighted by atomic mass is 10.1. The number of aromatic amines is 1. The van der Waals surface area contributed by atoms with Crippen molar-refractivity contribution in [1.82, 2.24) is 24.9 Å². The van der Waals surface area contributed by atoms with Crippen molar-refractivity contribution in [2.24, 2.45) is 0 Å². The van der Waals surface area contributed by atoms with Gasteiger partial charge in [-0.15, -0.1) is 0 Å². The number of aryl methyl sites for hydroxylation is 1. The van der Waals surface area contributed by atoms with Crippen molar-refractivity contribution in [3.05, 3.63) is 22.4 Å². The molecule has 3 heterocycles. The monoisotopic (exact) mass is 262 g/mol. The molecule has 7 nitrogen and oxygen atoms in total. The van der Waals surface area contributed by atoms with Gasteiger partial charge in [0.1, 0.15) is 11.6 Å². The van der Waals surface area contributed by atoms with Crippen molar-refractivity contribution in [3.63, 3.8) is 0 Å². The number of hydrogen-bond acceptors (Lipinski definition) is 5. The molecule has 1 fully saturated rings. The molecule has 0 bridgehead atoms. The van der Waals surface area contributed by atoms with Crippen LogP contribution in [0.4, 0.5) is 5.82 Å². The number of fused-ring (bicyclic) bond motifs is 1. The summed E-state index contributed by atoms with van der Waals surface area (Å²) in [7, 11) is 0. The Balaban J connectivity index is 1.69. The second-order valence-electron chi connectivity index (χ2n) is 4.92. The maximum atomic E-state index is 11.5. The molecule has 1 aliphatic heterocycles. The molecule has 2 aromatic rings. The first-order valence-electron chi connectivity index (χ1n) is 6.66. The molecule has 0 saturated carbocycles. The summed E-state index contributed by atoms with van der Waals surface area (Å²) in [4.78, 5) is 15.8. The Labute approximate surface area is 110 Å². The molecule has 7 heteroatoms. The first kappa shape index (κ1) is 12.2. The number of rotatable bonds is 4. The van der Waals surface area contributed by atoms with Crippen LogP contribution in [0.1, 0.15) is 25.1 Å². The van der Waals surface area contributed by atoms with Crippen LogP contribution in [-0.4, -0.2) is 38.7 Å². The van der Waals surface area contributed by atoms with E-state index in [2.05, 4.69) is 25.8 Å². The van der Waals surface area contributed by atoms with Crippen LogP contribution in [-0.2, 0) is 0 Å². The summed E-state index contributed by atoms with van der Waals surface area (Å²) in [5, 5.41) is 13.1. The van der Waals surface area contributed by atoms with E-state index in [1.165, 1.54) is 17.2 Å². The highest BCUT2D eigenvalue weighted by atomic mass is 16.1. The first-order valence-corrected chi connectivity index (χ1v) is 6.66. The number of nitrogens with one attached hydrogen (secondary N) is 3. The molecule has 0 aliphatic carbocycles. The number of hydrogen-bond donors (Lipinski definition) is 3. The Morgan fingerprint density at radius 1 is 1.58 bits per heavy atom. The van der Waals surface area contributed by atoms with Crippen molar-refractivity contribution >= 4 is 11.5 Å². The summed E-state index contributed by atoms with van der Waals surface area (Å²) in [6.07, 6.45) is 3.60. The van der Waals surface area contributed by atoms with Gasteiger partial charge in [0, 0.05) is 18.7 Å². The minimum Gasteiger partial charge on any atom is -0.370 e. The van der Waals surface area contributed by atoms with Gasteiger partial charge in [-0.25, -0.2) is 19.3 Å². The molecule has 3 N–H and O–H groups in total. The highest BCUT2D eigenvalue weighted by Crippen LogP contribution is 2.11. The molecule has 0 spiro atoms. The Hall–Kier alpha value is -1.89. The zero-order valence-corrected chi connectivity index (χ0v) is 10.9. The largest absolute Gasteiger partial charge is 0.370 e. The third-order valence-electron chi connectivity index (χ3n) is 3.53. The summed E-state index contributed by atoms with van der Waals surface area (Å²) < 4.78 is 1.46. The minimum absolute atomic E-state index is 0.248. The van der Waals surface area contributed by atoms with E-state index in [9.17, 15) is 4.79 Å². The van der Waals surface area contributed by atoms with E-state index < -0.39 is 0 Å². The molecule has 3 rings (SSSR count). The van der Waals surface area contributed by atoms with E-state index in [-0.39, 0.29) is 5.69 Å². The van der Waals surface area contributed by atoms with Gasteiger partial charge < -0.3 is 10.6 Å². The third kappa shape index (κ3) is 2.46. The van der Waals surface area contributed by atoms with Gasteiger partial charge in [0.2, 0.25) is 0 Å². The summed E-state index contributed by atoms with van der Waals surface area (Å²) in [6.45, 7) is 3.80. The molecule has 1 saturated heterocycles. The summed E-state index contributed by atoms with van der Waals surface area (Å²) in [6, 6.07) is 2.40. The van der Waals surface area contributed by atoms with Crippen LogP contribution >= 0.6 is 0 Å². The van der Waals surface area contributed by atoms with Crippen LogP contribution in [0.2, 0.25) is 0 Å². The van der Waals surface area contributed by atoms with Crippen molar-refractivity contribution in [1.29, 1.82) is 0 Å². The Morgan fingerprint density at radius 2 is 2.47 bits per heavy atom. The highest BCUT2D eigenvalue weighted by molar-refractivity contribution is 5.49. The van der Waals surface area contributed by atoms with Crippen LogP contribution in [0, 0.1) is 6.92 Å². The first-order chi connectivity index (χ1) is 9.24. The van der Waals surface area contributed by atoms with Crippen molar-refractivity contribution in [2.75, 3.05) is 18.4 Å². The normalized spacial score (nSPS) is 19.1. The molecule has 2 aromatic heterocycles. The van der Waals surface area contributed by atoms with E-state index in [1.54, 1.807) is 13.0 Å². The van der Waals surface area contributed by atoms with Gasteiger partial charge in [-0.05, 0) is 32.7 Å². The third-order valence-corrected chi connectivity index (χ3v) is 3.53. The fourth-order valence-electron chi connectivity index (χ4n) is 2.57. The smallest absolute Gasteiger partial charge is 0.349 e. The van der Waals surface area contributed by atoms with Crippen molar-refractivity contribution in [3.8, 4) is 0 Å². The van der Waals surface area contributed by atoms with Gasteiger partial charge in [0.15, 0.2) is 5.65 Å². The van der Waals surface area contributed by atoms with Crippen LogP contribution in [0.15, 0.2) is 10.9 Å². The topological polar surface area (TPSA) is 87.1 Å². The van der Waals surface area contributed by atoms with E-state index >= 15 is 0 Å². The predicted octanol–water partition coefficient (Wildman–Crippen LogP) is 0.280. The van der Waals surface area contributed by atoms with Gasteiger partial charge in [0.05, 0.1) is 0 Å². The number of anilines is 1. The van der Waals surface area contributed by atoms with Gasteiger partial charge in [-0.2, -0.15) is 5.10 Å².